The van der Waals surface area contributed by atoms with Gasteiger partial charge >= 0.3 is 5.97 Å². The van der Waals surface area contributed by atoms with Gasteiger partial charge in [0.2, 0.25) is 0 Å². The van der Waals surface area contributed by atoms with Crippen molar-refractivity contribution in [1.82, 2.24) is 0 Å². The molecule has 1 N–H and O–H groups in total. The first-order chi connectivity index (χ1) is 9.47. The Labute approximate surface area is 123 Å². The lowest BCUT2D eigenvalue weighted by Gasteiger charge is -2.06. The zero-order valence-corrected chi connectivity index (χ0v) is 11.6. The van der Waals surface area contributed by atoms with E-state index in [0.29, 0.717) is 15.7 Å². The zero-order chi connectivity index (χ0) is 14.7. The average molecular weight is 315 g/mol. The van der Waals surface area contributed by atoms with Crippen molar-refractivity contribution in [1.29, 1.82) is 0 Å². The van der Waals surface area contributed by atoms with E-state index in [0.717, 1.165) is 17.7 Å². The van der Waals surface area contributed by atoms with Gasteiger partial charge in [0.05, 0.1) is 5.56 Å². The van der Waals surface area contributed by atoms with Crippen LogP contribution in [0.25, 0.3) is 0 Å². The van der Waals surface area contributed by atoms with Crippen molar-refractivity contribution in [3.63, 3.8) is 0 Å². The number of hydrogen-bond acceptors (Lipinski definition) is 2. The summed E-state index contributed by atoms with van der Waals surface area (Å²) in [5.41, 5.74) is 0.836. The lowest BCUT2D eigenvalue weighted by molar-refractivity contribution is 0.0697. The summed E-state index contributed by atoms with van der Waals surface area (Å²) in [5.74, 6) is -2.41. The molecule has 0 unspecified atom stereocenters. The van der Waals surface area contributed by atoms with Gasteiger partial charge in [-0.15, -0.1) is 11.8 Å². The molecular formula is C14H9ClF2O2S. The minimum atomic E-state index is -1.05. The fraction of sp³-hybridized carbons (Fsp3) is 0.0714. The number of carbonyl (C=O) groups is 1. The van der Waals surface area contributed by atoms with Crippen molar-refractivity contribution in [2.24, 2.45) is 0 Å². The first kappa shape index (κ1) is 14.8. The Bertz CT molecular complexity index is 662. The number of aromatic carboxylic acids is 1. The smallest absolute Gasteiger partial charge is 0.335 e. The number of carboxylic acid groups (broad SMARTS) is 1. The van der Waals surface area contributed by atoms with Crippen LogP contribution in [0.4, 0.5) is 8.78 Å². The molecule has 2 aromatic carbocycles. The second kappa shape index (κ2) is 6.24. The molecule has 0 spiro atoms. The number of benzene rings is 2. The third-order valence-electron chi connectivity index (χ3n) is 2.59. The molecule has 104 valence electrons. The Morgan fingerprint density at radius 3 is 2.50 bits per heavy atom. The molecule has 6 heteroatoms. The van der Waals surface area contributed by atoms with E-state index in [9.17, 15) is 13.6 Å². The molecule has 0 bridgehead atoms. The highest BCUT2D eigenvalue weighted by atomic mass is 35.5. The monoisotopic (exact) mass is 314 g/mol. The van der Waals surface area contributed by atoms with Crippen LogP contribution < -0.4 is 0 Å². The Morgan fingerprint density at radius 1 is 1.15 bits per heavy atom. The molecule has 0 amide bonds. The van der Waals surface area contributed by atoms with E-state index in [4.69, 9.17) is 16.7 Å². The Hall–Kier alpha value is -1.59. The van der Waals surface area contributed by atoms with Crippen LogP contribution in [-0.4, -0.2) is 11.1 Å². The average Bonchev–Trinajstić information content (AvgIpc) is 2.41. The lowest BCUT2D eigenvalue weighted by atomic mass is 10.1. The Balaban J connectivity index is 2.10. The second-order valence-electron chi connectivity index (χ2n) is 3.98. The van der Waals surface area contributed by atoms with E-state index >= 15 is 0 Å². The molecular weight excluding hydrogens is 306 g/mol. The van der Waals surface area contributed by atoms with Crippen LogP contribution >= 0.6 is 23.4 Å². The molecule has 0 saturated heterocycles. The van der Waals surface area contributed by atoms with Crippen molar-refractivity contribution in [3.8, 4) is 0 Å². The fourth-order valence-corrected chi connectivity index (χ4v) is 2.78. The first-order valence-corrected chi connectivity index (χ1v) is 6.93. The standard InChI is InChI=1S/C14H9ClF2O2S/c15-11-5-8(14(18)19)1-2-9(11)7-20-10-3-4-12(16)13(17)6-10/h1-6H,7H2,(H,18,19). The fourth-order valence-electron chi connectivity index (χ4n) is 1.53. The van der Waals surface area contributed by atoms with E-state index in [-0.39, 0.29) is 5.56 Å². The Kier molecular flexibility index (Phi) is 4.62. The number of thioether (sulfide) groups is 1. The zero-order valence-electron chi connectivity index (χ0n) is 10.1. The number of rotatable bonds is 4. The minimum absolute atomic E-state index is 0.108. The van der Waals surface area contributed by atoms with Crippen LogP contribution in [-0.2, 0) is 5.75 Å². The summed E-state index contributed by atoms with van der Waals surface area (Å²) in [5, 5.41) is 9.16. The van der Waals surface area contributed by atoms with E-state index in [2.05, 4.69) is 0 Å². The Morgan fingerprint density at radius 2 is 1.90 bits per heavy atom. The van der Waals surface area contributed by atoms with Crippen molar-refractivity contribution >= 4 is 29.3 Å². The van der Waals surface area contributed by atoms with Gasteiger partial charge < -0.3 is 5.11 Å². The lowest BCUT2D eigenvalue weighted by Crippen LogP contribution is -1.96. The van der Waals surface area contributed by atoms with E-state index in [1.165, 1.54) is 30.0 Å². The van der Waals surface area contributed by atoms with Gasteiger partial charge in [-0.25, -0.2) is 13.6 Å². The predicted molar refractivity (Wildman–Crippen MR) is 74.3 cm³/mol. The molecule has 0 atom stereocenters. The van der Waals surface area contributed by atoms with E-state index in [1.807, 2.05) is 0 Å². The van der Waals surface area contributed by atoms with Gasteiger partial charge in [-0.1, -0.05) is 17.7 Å². The summed E-state index contributed by atoms with van der Waals surface area (Å²) in [6.45, 7) is 0. The molecule has 0 radical (unpaired) electrons. The molecule has 0 fully saturated rings. The van der Waals surface area contributed by atoms with Gasteiger partial charge in [0, 0.05) is 15.7 Å². The summed E-state index contributed by atoms with van der Waals surface area (Å²) < 4.78 is 25.8. The van der Waals surface area contributed by atoms with Crippen LogP contribution in [0.3, 0.4) is 0 Å². The summed E-state index contributed by atoms with van der Waals surface area (Å²) in [6.07, 6.45) is 0. The van der Waals surface area contributed by atoms with Gasteiger partial charge in [-0.3, -0.25) is 0 Å². The predicted octanol–water partition coefficient (Wildman–Crippen LogP) is 4.61. The van der Waals surface area contributed by atoms with Gasteiger partial charge in [0.15, 0.2) is 11.6 Å². The highest BCUT2D eigenvalue weighted by Crippen LogP contribution is 2.28. The van der Waals surface area contributed by atoms with Gasteiger partial charge in [-0.05, 0) is 35.9 Å². The maximum absolute atomic E-state index is 13.0. The molecule has 2 aromatic rings. The minimum Gasteiger partial charge on any atom is -0.478 e. The van der Waals surface area contributed by atoms with Crippen molar-refractivity contribution in [3.05, 3.63) is 64.2 Å². The van der Waals surface area contributed by atoms with Gasteiger partial charge in [-0.2, -0.15) is 0 Å². The molecule has 2 nitrogen and oxygen atoms in total. The molecule has 0 aliphatic rings. The largest absolute Gasteiger partial charge is 0.478 e. The molecule has 0 heterocycles. The number of halogens is 3. The molecule has 0 aliphatic carbocycles. The van der Waals surface area contributed by atoms with Crippen LogP contribution in [0.15, 0.2) is 41.3 Å². The maximum atomic E-state index is 13.0. The molecule has 0 saturated carbocycles. The summed E-state index contributed by atoms with van der Waals surface area (Å²) >= 11 is 7.27. The molecule has 2 rings (SSSR count). The number of hydrogen-bond donors (Lipinski definition) is 1. The van der Waals surface area contributed by atoms with Crippen LogP contribution in [0.2, 0.25) is 5.02 Å². The van der Waals surface area contributed by atoms with E-state index < -0.39 is 17.6 Å². The third-order valence-corrected chi connectivity index (χ3v) is 3.98. The first-order valence-electron chi connectivity index (χ1n) is 5.57. The summed E-state index contributed by atoms with van der Waals surface area (Å²) in [7, 11) is 0. The van der Waals surface area contributed by atoms with Crippen molar-refractivity contribution in [2.45, 2.75) is 10.6 Å². The van der Waals surface area contributed by atoms with Crippen LogP contribution in [0.1, 0.15) is 15.9 Å². The quantitative estimate of drug-likeness (QED) is 0.837. The maximum Gasteiger partial charge on any atom is 0.335 e. The van der Waals surface area contributed by atoms with Gasteiger partial charge in [0.1, 0.15) is 0 Å². The highest BCUT2D eigenvalue weighted by Gasteiger charge is 2.08. The topological polar surface area (TPSA) is 37.3 Å². The SMILES string of the molecule is O=C(O)c1ccc(CSc2ccc(F)c(F)c2)c(Cl)c1. The molecule has 0 aromatic heterocycles. The molecule has 20 heavy (non-hydrogen) atoms. The normalized spacial score (nSPS) is 10.6. The second-order valence-corrected chi connectivity index (χ2v) is 5.43. The third kappa shape index (κ3) is 3.49. The van der Waals surface area contributed by atoms with E-state index in [1.54, 1.807) is 6.07 Å². The van der Waals surface area contributed by atoms with Crippen molar-refractivity contribution in [2.75, 3.05) is 0 Å². The van der Waals surface area contributed by atoms with Gasteiger partial charge in [0.25, 0.3) is 0 Å². The van der Waals surface area contributed by atoms with Crippen LogP contribution in [0, 0.1) is 11.6 Å². The molecule has 0 aliphatic heterocycles. The summed E-state index contributed by atoms with van der Waals surface area (Å²) in [6, 6.07) is 8.08. The highest BCUT2D eigenvalue weighted by molar-refractivity contribution is 7.98. The summed E-state index contributed by atoms with van der Waals surface area (Å²) in [4.78, 5) is 11.3. The van der Waals surface area contributed by atoms with Crippen LogP contribution in [0.5, 0.6) is 0 Å². The van der Waals surface area contributed by atoms with Crippen molar-refractivity contribution < 1.29 is 18.7 Å². The number of carboxylic acids is 1.